The number of para-hydroxylation sites is 1. The Morgan fingerprint density at radius 2 is 1.61 bits per heavy atom. The number of carbonyl (C=O) groups is 2. The first-order valence-electron chi connectivity index (χ1n) is 7.36. The van der Waals surface area contributed by atoms with Crippen LogP contribution in [0.3, 0.4) is 0 Å². The Kier molecular flexibility index (Phi) is 6.17. The fourth-order valence-corrected chi connectivity index (χ4v) is 1.93. The van der Waals surface area contributed by atoms with Crippen LogP contribution in [0.1, 0.15) is 18.9 Å². The van der Waals surface area contributed by atoms with E-state index in [9.17, 15) is 9.59 Å². The lowest BCUT2D eigenvalue weighted by molar-refractivity contribution is -0.134. The highest BCUT2D eigenvalue weighted by atomic mass is 16.5. The Labute approximate surface area is 135 Å². The van der Waals surface area contributed by atoms with Crippen molar-refractivity contribution >= 4 is 12.1 Å². The zero-order valence-corrected chi connectivity index (χ0v) is 12.9. The first-order chi connectivity index (χ1) is 11.1. The molecule has 5 heteroatoms. The molecular weight excluding hydrogens is 294 g/mol. The van der Waals surface area contributed by atoms with Crippen molar-refractivity contribution in [2.45, 2.75) is 26.0 Å². The maximum atomic E-state index is 11.8. The molecular formula is C18H19NO4. The lowest BCUT2D eigenvalue weighted by Gasteiger charge is -2.13. The molecule has 1 unspecified atom stereocenters. The third kappa shape index (κ3) is 6.22. The molecule has 120 valence electrons. The average Bonchev–Trinajstić information content (AvgIpc) is 2.54. The fraction of sp³-hybridized carbons (Fsp3) is 0.222. The summed E-state index contributed by atoms with van der Waals surface area (Å²) < 4.78 is 10.3. The SMILES string of the molecule is CC(CC(=O)Oc1ccccc1)NC(=O)OCc1ccccc1. The number of amides is 1. The molecule has 0 heterocycles. The lowest BCUT2D eigenvalue weighted by Crippen LogP contribution is -2.35. The number of benzene rings is 2. The number of hydrogen-bond acceptors (Lipinski definition) is 4. The number of carbonyl (C=O) groups excluding carboxylic acids is 2. The van der Waals surface area contributed by atoms with E-state index in [0.29, 0.717) is 5.75 Å². The van der Waals surface area contributed by atoms with Crippen molar-refractivity contribution < 1.29 is 19.1 Å². The van der Waals surface area contributed by atoms with Gasteiger partial charge in [0.15, 0.2) is 0 Å². The molecule has 0 saturated carbocycles. The van der Waals surface area contributed by atoms with Crippen molar-refractivity contribution in [3.63, 3.8) is 0 Å². The highest BCUT2D eigenvalue weighted by molar-refractivity contribution is 5.74. The fourth-order valence-electron chi connectivity index (χ4n) is 1.93. The minimum atomic E-state index is -0.561. The number of nitrogens with one attached hydrogen (secondary N) is 1. The van der Waals surface area contributed by atoms with Crippen LogP contribution in [0.5, 0.6) is 5.75 Å². The summed E-state index contributed by atoms with van der Waals surface area (Å²) in [5, 5.41) is 2.60. The molecule has 23 heavy (non-hydrogen) atoms. The smallest absolute Gasteiger partial charge is 0.407 e. The lowest BCUT2D eigenvalue weighted by atomic mass is 10.2. The molecule has 0 saturated heterocycles. The van der Waals surface area contributed by atoms with Gasteiger partial charge in [0.2, 0.25) is 0 Å². The molecule has 0 spiro atoms. The summed E-state index contributed by atoms with van der Waals surface area (Å²) in [6.45, 7) is 1.91. The first kappa shape index (κ1) is 16.5. The van der Waals surface area contributed by atoms with Crippen molar-refractivity contribution in [2.24, 2.45) is 0 Å². The number of rotatable bonds is 6. The molecule has 0 radical (unpaired) electrons. The first-order valence-corrected chi connectivity index (χ1v) is 7.36. The van der Waals surface area contributed by atoms with E-state index >= 15 is 0 Å². The van der Waals surface area contributed by atoms with E-state index in [1.165, 1.54) is 0 Å². The van der Waals surface area contributed by atoms with Gasteiger partial charge in [0.25, 0.3) is 0 Å². The van der Waals surface area contributed by atoms with E-state index in [1.54, 1.807) is 31.2 Å². The van der Waals surface area contributed by atoms with Gasteiger partial charge >= 0.3 is 12.1 Å². The molecule has 0 aliphatic carbocycles. The Hall–Kier alpha value is -2.82. The summed E-state index contributed by atoms with van der Waals surface area (Å²) in [6, 6.07) is 17.8. The van der Waals surface area contributed by atoms with Gasteiger partial charge in [-0.15, -0.1) is 0 Å². The third-order valence-corrected chi connectivity index (χ3v) is 3.02. The summed E-state index contributed by atoms with van der Waals surface area (Å²) in [6.07, 6.45) is -0.496. The zero-order chi connectivity index (χ0) is 16.5. The minimum absolute atomic E-state index is 0.0648. The van der Waals surface area contributed by atoms with Gasteiger partial charge in [0.1, 0.15) is 12.4 Å². The second-order valence-electron chi connectivity index (χ2n) is 5.10. The molecule has 1 atom stereocenters. The summed E-state index contributed by atoms with van der Waals surface area (Å²) >= 11 is 0. The van der Waals surface area contributed by atoms with E-state index in [1.807, 2.05) is 36.4 Å². The van der Waals surface area contributed by atoms with Crippen LogP contribution in [0, 0.1) is 0 Å². The molecule has 0 fully saturated rings. The van der Waals surface area contributed by atoms with E-state index in [2.05, 4.69) is 5.32 Å². The number of alkyl carbamates (subject to hydrolysis) is 1. The average molecular weight is 313 g/mol. The van der Waals surface area contributed by atoms with Gasteiger partial charge in [-0.3, -0.25) is 4.79 Å². The number of hydrogen-bond donors (Lipinski definition) is 1. The topological polar surface area (TPSA) is 64.6 Å². The van der Waals surface area contributed by atoms with Crippen LogP contribution in [0.2, 0.25) is 0 Å². The molecule has 2 aromatic rings. The van der Waals surface area contributed by atoms with Crippen molar-refractivity contribution in [1.82, 2.24) is 5.32 Å². The summed E-state index contributed by atoms with van der Waals surface area (Å²) in [4.78, 5) is 23.5. The largest absolute Gasteiger partial charge is 0.445 e. The second kappa shape index (κ2) is 8.58. The molecule has 1 N–H and O–H groups in total. The molecule has 2 aromatic carbocycles. The molecule has 0 aliphatic rings. The molecule has 1 amide bonds. The van der Waals surface area contributed by atoms with Gasteiger partial charge in [-0.1, -0.05) is 48.5 Å². The van der Waals surface area contributed by atoms with Crippen LogP contribution in [-0.4, -0.2) is 18.1 Å². The van der Waals surface area contributed by atoms with Crippen molar-refractivity contribution in [1.29, 1.82) is 0 Å². The Balaban J connectivity index is 1.70. The van der Waals surface area contributed by atoms with E-state index in [0.717, 1.165) is 5.56 Å². The van der Waals surface area contributed by atoms with Crippen molar-refractivity contribution in [3.05, 3.63) is 66.2 Å². The normalized spacial score (nSPS) is 11.3. The van der Waals surface area contributed by atoms with Crippen LogP contribution in [-0.2, 0) is 16.1 Å². The molecule has 0 aliphatic heterocycles. The summed E-state index contributed by atoms with van der Waals surface area (Å²) in [5.41, 5.74) is 0.902. The van der Waals surface area contributed by atoms with Crippen molar-refractivity contribution in [3.8, 4) is 5.75 Å². The molecule has 2 rings (SSSR count). The van der Waals surface area contributed by atoms with Gasteiger partial charge in [-0.05, 0) is 24.6 Å². The Morgan fingerprint density at radius 3 is 2.26 bits per heavy atom. The van der Waals surface area contributed by atoms with Gasteiger partial charge in [-0.25, -0.2) is 4.79 Å². The van der Waals surface area contributed by atoms with Crippen LogP contribution in [0.15, 0.2) is 60.7 Å². The van der Waals surface area contributed by atoms with Gasteiger partial charge < -0.3 is 14.8 Å². The van der Waals surface area contributed by atoms with Gasteiger partial charge in [0, 0.05) is 6.04 Å². The Bertz CT molecular complexity index is 628. The number of esters is 1. The van der Waals surface area contributed by atoms with Crippen LogP contribution in [0.25, 0.3) is 0 Å². The standard InChI is InChI=1S/C18H19NO4/c1-14(12-17(20)23-16-10-6-3-7-11-16)19-18(21)22-13-15-8-4-2-5-9-15/h2-11,14H,12-13H2,1H3,(H,19,21). The molecule has 5 nitrogen and oxygen atoms in total. The summed E-state index contributed by atoms with van der Waals surface area (Å²) in [5.74, 6) is 0.0726. The quantitative estimate of drug-likeness (QED) is 0.656. The van der Waals surface area contributed by atoms with Crippen LogP contribution >= 0.6 is 0 Å². The third-order valence-electron chi connectivity index (χ3n) is 3.02. The monoisotopic (exact) mass is 313 g/mol. The summed E-state index contributed by atoms with van der Waals surface area (Å²) in [7, 11) is 0. The highest BCUT2D eigenvalue weighted by Gasteiger charge is 2.14. The van der Waals surface area contributed by atoms with Gasteiger partial charge in [0.05, 0.1) is 6.42 Å². The van der Waals surface area contributed by atoms with Crippen molar-refractivity contribution in [2.75, 3.05) is 0 Å². The highest BCUT2D eigenvalue weighted by Crippen LogP contribution is 2.10. The Morgan fingerprint density at radius 1 is 1.00 bits per heavy atom. The minimum Gasteiger partial charge on any atom is -0.445 e. The van der Waals surface area contributed by atoms with E-state index < -0.39 is 12.1 Å². The molecule has 0 bridgehead atoms. The maximum Gasteiger partial charge on any atom is 0.407 e. The molecule has 0 aromatic heterocycles. The van der Waals surface area contributed by atoms with E-state index in [4.69, 9.17) is 9.47 Å². The predicted molar refractivity (Wildman–Crippen MR) is 85.9 cm³/mol. The van der Waals surface area contributed by atoms with Crippen LogP contribution in [0.4, 0.5) is 4.79 Å². The zero-order valence-electron chi connectivity index (χ0n) is 12.9. The second-order valence-corrected chi connectivity index (χ2v) is 5.10. The maximum absolute atomic E-state index is 11.8. The number of ether oxygens (including phenoxy) is 2. The predicted octanol–water partition coefficient (Wildman–Crippen LogP) is 3.30. The van der Waals surface area contributed by atoms with Gasteiger partial charge in [-0.2, -0.15) is 0 Å². The van der Waals surface area contributed by atoms with Crippen LogP contribution < -0.4 is 10.1 Å². The van der Waals surface area contributed by atoms with E-state index in [-0.39, 0.29) is 19.1 Å².